The van der Waals surface area contributed by atoms with Crippen LogP contribution in [-0.4, -0.2) is 26.1 Å². The minimum absolute atomic E-state index is 0.377. The Kier molecular flexibility index (Phi) is 8.40. The first kappa shape index (κ1) is 32.8. The molecule has 3 heterocycles. The van der Waals surface area contributed by atoms with Gasteiger partial charge in [0, 0.05) is 38.2 Å². The van der Waals surface area contributed by atoms with E-state index in [4.69, 9.17) is 24.1 Å². The third-order valence-electron chi connectivity index (χ3n) is 9.73. The molecule has 0 radical (unpaired) electrons. The van der Waals surface area contributed by atoms with Crippen LogP contribution in [-0.2, 0) is 0 Å². The molecule has 3 aromatic heterocycles. The molecule has 0 amide bonds. The van der Waals surface area contributed by atoms with Crippen LogP contribution < -0.4 is 4.74 Å². The van der Waals surface area contributed by atoms with E-state index in [1.807, 2.05) is 66.7 Å². The minimum atomic E-state index is 0.377. The smallest absolute Gasteiger partial charge is 0.238 e. The Balaban J connectivity index is 1.28. The predicted octanol–water partition coefficient (Wildman–Crippen LogP) is 12.4. The molecule has 0 atom stereocenters. The molecule has 0 aliphatic carbocycles. The van der Waals surface area contributed by atoms with Crippen molar-refractivity contribution in [2.24, 2.45) is 0 Å². The van der Waals surface area contributed by atoms with Crippen LogP contribution in [0.2, 0.25) is 0 Å². The Morgan fingerprint density at radius 1 is 0.685 bits per heavy atom. The van der Waals surface area contributed by atoms with Gasteiger partial charge >= 0.3 is 0 Å². The molecule has 0 saturated heterocycles. The molecule has 6 nitrogen and oxygen atoms in total. The maximum absolute atomic E-state index is 6.50. The van der Waals surface area contributed by atoms with E-state index in [9.17, 15) is 0 Å². The second-order valence-corrected chi connectivity index (χ2v) is 13.1. The fraction of sp³-hybridized carbons (Fsp3) is 0.0625. The number of rotatable bonds is 10. The van der Waals surface area contributed by atoms with Crippen LogP contribution in [0.4, 0.5) is 0 Å². The molecule has 9 rings (SSSR count). The molecule has 0 bridgehead atoms. The molecule has 0 aliphatic rings. The number of hydrogen-bond donors (Lipinski definition) is 0. The van der Waals surface area contributed by atoms with E-state index in [1.54, 1.807) is 6.08 Å². The Labute approximate surface area is 313 Å². The average molecular weight is 701 g/mol. The van der Waals surface area contributed by atoms with Crippen molar-refractivity contribution in [3.8, 4) is 45.6 Å². The molecule has 6 aromatic carbocycles. The van der Waals surface area contributed by atoms with Crippen LogP contribution in [0, 0.1) is 0 Å². The minimum Gasteiger partial charge on any atom is -0.489 e. The fourth-order valence-electron chi connectivity index (χ4n) is 7.32. The van der Waals surface area contributed by atoms with E-state index in [0.29, 0.717) is 24.2 Å². The van der Waals surface area contributed by atoms with Crippen molar-refractivity contribution in [2.75, 3.05) is 6.61 Å². The van der Waals surface area contributed by atoms with Crippen molar-refractivity contribution >= 4 is 49.3 Å². The van der Waals surface area contributed by atoms with Gasteiger partial charge in [0.25, 0.3) is 0 Å². The quantitative estimate of drug-likeness (QED) is 0.105. The number of allylic oxidation sites excluding steroid dienone is 3. The Morgan fingerprint density at radius 2 is 1.43 bits per heavy atom. The number of nitrogens with zero attached hydrogens (tertiary/aromatic N) is 4. The van der Waals surface area contributed by atoms with Crippen molar-refractivity contribution < 1.29 is 9.15 Å². The van der Waals surface area contributed by atoms with Gasteiger partial charge in [-0.25, -0.2) is 4.98 Å². The van der Waals surface area contributed by atoms with Crippen LogP contribution in [0.15, 0.2) is 169 Å². The highest BCUT2D eigenvalue weighted by Crippen LogP contribution is 2.42. The van der Waals surface area contributed by atoms with E-state index >= 15 is 0 Å². The summed E-state index contributed by atoms with van der Waals surface area (Å²) >= 11 is 0. The number of fused-ring (bicyclic) bond motifs is 6. The van der Waals surface area contributed by atoms with Crippen LogP contribution in [0.1, 0.15) is 18.9 Å². The molecule has 6 heteroatoms. The summed E-state index contributed by atoms with van der Waals surface area (Å²) in [7, 11) is 0. The Bertz CT molecular complexity index is 2900. The standard InChI is InChI=1S/C48H36N4O2/c1-4-6-16-31(3)43-40(53-29-5-2)28-27-39-45(43)36-21-13-14-23-38(36)52(39)48-50-46(33-19-11-8-12-20-33)49-47(51-48)34-25-26-37-42(30-34)54-41-24-15-22-35(44(37)41)32-17-9-7-10-18-32/h5-28,30H,2-4,29H2,1H3/b16-6-. The van der Waals surface area contributed by atoms with E-state index < -0.39 is 0 Å². The Hall–Kier alpha value is -7.05. The summed E-state index contributed by atoms with van der Waals surface area (Å²) in [6.07, 6.45) is 6.82. The van der Waals surface area contributed by atoms with Gasteiger partial charge in [-0.1, -0.05) is 135 Å². The van der Waals surface area contributed by atoms with Crippen LogP contribution in [0.5, 0.6) is 5.75 Å². The zero-order chi connectivity index (χ0) is 36.6. The summed E-state index contributed by atoms with van der Waals surface area (Å²) in [5.41, 5.74) is 9.26. The monoisotopic (exact) mass is 700 g/mol. The third-order valence-corrected chi connectivity index (χ3v) is 9.73. The van der Waals surface area contributed by atoms with Gasteiger partial charge < -0.3 is 9.15 Å². The normalized spacial score (nSPS) is 11.6. The van der Waals surface area contributed by atoms with Gasteiger partial charge in [0.15, 0.2) is 11.6 Å². The van der Waals surface area contributed by atoms with Gasteiger partial charge in [-0.3, -0.25) is 4.57 Å². The van der Waals surface area contributed by atoms with Crippen molar-refractivity contribution in [2.45, 2.75) is 13.3 Å². The van der Waals surface area contributed by atoms with Gasteiger partial charge in [0.2, 0.25) is 5.95 Å². The molecule has 0 N–H and O–H groups in total. The van der Waals surface area contributed by atoms with Crippen LogP contribution >= 0.6 is 0 Å². The largest absolute Gasteiger partial charge is 0.489 e. The average Bonchev–Trinajstić information content (AvgIpc) is 3.78. The lowest BCUT2D eigenvalue weighted by Crippen LogP contribution is -2.06. The number of para-hydroxylation sites is 1. The lowest BCUT2D eigenvalue weighted by molar-refractivity contribution is 0.363. The predicted molar refractivity (Wildman–Crippen MR) is 222 cm³/mol. The van der Waals surface area contributed by atoms with E-state index in [0.717, 1.165) is 89.3 Å². The molecule has 0 unspecified atom stereocenters. The molecule has 9 aromatic rings. The summed E-state index contributed by atoms with van der Waals surface area (Å²) in [5, 5.41) is 4.17. The molecule has 0 fully saturated rings. The lowest BCUT2D eigenvalue weighted by atomic mass is 9.98. The summed E-state index contributed by atoms with van der Waals surface area (Å²) in [5.74, 6) is 2.35. The maximum Gasteiger partial charge on any atom is 0.238 e. The SMILES string of the molecule is C=CCOc1ccc2c(c1C(=C)/C=C\CC)c1ccccc1n2-c1nc(-c2ccccc2)nc(-c2ccc3c(c2)oc2cccc(-c4ccccc4)c23)n1. The highest BCUT2D eigenvalue weighted by Gasteiger charge is 2.23. The molecule has 0 aliphatic heterocycles. The number of ether oxygens (including phenoxy) is 1. The summed E-state index contributed by atoms with van der Waals surface area (Å²) < 4.78 is 14.9. The molecule has 260 valence electrons. The lowest BCUT2D eigenvalue weighted by Gasteiger charge is -2.14. The van der Waals surface area contributed by atoms with Crippen molar-refractivity contribution in [1.82, 2.24) is 19.5 Å². The van der Waals surface area contributed by atoms with Gasteiger partial charge in [0.1, 0.15) is 23.5 Å². The van der Waals surface area contributed by atoms with Crippen molar-refractivity contribution in [1.29, 1.82) is 0 Å². The third kappa shape index (κ3) is 5.65. The van der Waals surface area contributed by atoms with Crippen LogP contribution in [0.3, 0.4) is 0 Å². The summed E-state index contributed by atoms with van der Waals surface area (Å²) in [6.45, 7) is 10.9. The number of benzene rings is 6. The number of furan rings is 1. The molecule has 54 heavy (non-hydrogen) atoms. The number of aromatic nitrogens is 4. The zero-order valence-corrected chi connectivity index (χ0v) is 29.9. The summed E-state index contributed by atoms with van der Waals surface area (Å²) in [6, 6.07) is 45.3. The van der Waals surface area contributed by atoms with Crippen molar-refractivity contribution in [3.63, 3.8) is 0 Å². The molecular weight excluding hydrogens is 665 g/mol. The second-order valence-electron chi connectivity index (χ2n) is 13.1. The van der Waals surface area contributed by atoms with E-state index in [-0.39, 0.29) is 0 Å². The first-order valence-electron chi connectivity index (χ1n) is 18.1. The fourth-order valence-corrected chi connectivity index (χ4v) is 7.32. The molecular formula is C48H36N4O2. The molecule has 0 saturated carbocycles. The molecule has 0 spiro atoms. The Morgan fingerprint density at radius 3 is 2.20 bits per heavy atom. The van der Waals surface area contributed by atoms with Gasteiger partial charge in [0.05, 0.1) is 11.0 Å². The first-order valence-corrected chi connectivity index (χ1v) is 18.1. The topological polar surface area (TPSA) is 66.0 Å². The van der Waals surface area contributed by atoms with E-state index in [2.05, 4.69) is 104 Å². The zero-order valence-electron chi connectivity index (χ0n) is 29.9. The van der Waals surface area contributed by atoms with Crippen LogP contribution in [0.25, 0.3) is 89.2 Å². The first-order chi connectivity index (χ1) is 26.6. The van der Waals surface area contributed by atoms with Gasteiger partial charge in [-0.15, -0.1) is 0 Å². The summed E-state index contributed by atoms with van der Waals surface area (Å²) in [4.78, 5) is 15.4. The van der Waals surface area contributed by atoms with E-state index in [1.165, 1.54) is 0 Å². The highest BCUT2D eigenvalue weighted by molar-refractivity contribution is 6.15. The van der Waals surface area contributed by atoms with Crippen molar-refractivity contribution in [3.05, 3.63) is 170 Å². The second kappa shape index (κ2) is 13.8. The van der Waals surface area contributed by atoms with Gasteiger partial charge in [-0.05, 0) is 59.5 Å². The highest BCUT2D eigenvalue weighted by atomic mass is 16.5. The maximum atomic E-state index is 6.50. The number of hydrogen-bond acceptors (Lipinski definition) is 5. The van der Waals surface area contributed by atoms with Gasteiger partial charge in [-0.2, -0.15) is 9.97 Å².